The minimum absolute atomic E-state index is 0.221. The summed E-state index contributed by atoms with van der Waals surface area (Å²) in [6.45, 7) is 3.15. The Morgan fingerprint density at radius 3 is 2.74 bits per heavy atom. The molecule has 2 fully saturated rings. The zero-order valence-corrected chi connectivity index (χ0v) is 13.1. The summed E-state index contributed by atoms with van der Waals surface area (Å²) < 4.78 is 0. The summed E-state index contributed by atoms with van der Waals surface area (Å²) in [5.74, 6) is 2.30. The van der Waals surface area contributed by atoms with Gasteiger partial charge in [0.2, 0.25) is 0 Å². The molecule has 0 heterocycles. The summed E-state index contributed by atoms with van der Waals surface area (Å²) in [5.41, 5.74) is -0.221. The number of rotatable bonds is 6. The van der Waals surface area contributed by atoms with Crippen molar-refractivity contribution in [2.24, 2.45) is 5.92 Å². The molecule has 2 unspecified atom stereocenters. The molecule has 0 bridgehead atoms. The molecule has 0 aliphatic heterocycles. The van der Waals surface area contributed by atoms with Crippen LogP contribution in [0.5, 0.6) is 0 Å². The Hall–Kier alpha value is -0.200. The van der Waals surface area contributed by atoms with E-state index in [1.807, 2.05) is 0 Å². The van der Waals surface area contributed by atoms with E-state index in [1.165, 1.54) is 44.3 Å². The Balaban J connectivity index is 1.79. The lowest BCUT2D eigenvalue weighted by molar-refractivity contribution is 0.304. The Morgan fingerprint density at radius 2 is 2.05 bits per heavy atom. The van der Waals surface area contributed by atoms with Gasteiger partial charge in [0.1, 0.15) is 5.54 Å². The van der Waals surface area contributed by atoms with E-state index < -0.39 is 0 Å². The number of hydrogen-bond donors (Lipinski definition) is 1. The van der Waals surface area contributed by atoms with E-state index in [4.69, 9.17) is 0 Å². The highest BCUT2D eigenvalue weighted by molar-refractivity contribution is 7.99. The van der Waals surface area contributed by atoms with Crippen LogP contribution in [0.4, 0.5) is 0 Å². The molecule has 3 heteroatoms. The van der Waals surface area contributed by atoms with Gasteiger partial charge < -0.3 is 0 Å². The first-order valence-corrected chi connectivity index (χ1v) is 9.11. The van der Waals surface area contributed by atoms with Crippen LogP contribution in [0, 0.1) is 17.2 Å². The summed E-state index contributed by atoms with van der Waals surface area (Å²) in [6.07, 6.45) is 11.5. The lowest BCUT2D eigenvalue weighted by atomic mass is 9.82. The molecule has 2 rings (SSSR count). The molecule has 0 spiro atoms. The highest BCUT2D eigenvalue weighted by Gasteiger charge is 2.36. The quantitative estimate of drug-likeness (QED) is 0.795. The van der Waals surface area contributed by atoms with E-state index in [0.29, 0.717) is 5.25 Å². The Kier molecular flexibility index (Phi) is 6.04. The maximum absolute atomic E-state index is 9.54. The maximum Gasteiger partial charge on any atom is 0.107 e. The van der Waals surface area contributed by atoms with Gasteiger partial charge in [-0.25, -0.2) is 0 Å². The summed E-state index contributed by atoms with van der Waals surface area (Å²) in [4.78, 5) is 0. The van der Waals surface area contributed by atoms with E-state index in [-0.39, 0.29) is 5.54 Å². The molecule has 2 nitrogen and oxygen atoms in total. The van der Waals surface area contributed by atoms with Gasteiger partial charge >= 0.3 is 0 Å². The number of nitrogens with one attached hydrogen (secondary N) is 1. The number of hydrogen-bond acceptors (Lipinski definition) is 3. The van der Waals surface area contributed by atoms with Crippen LogP contribution in [0.2, 0.25) is 0 Å². The zero-order chi connectivity index (χ0) is 13.6. The van der Waals surface area contributed by atoms with Crippen LogP contribution in [0.15, 0.2) is 0 Å². The number of thioether (sulfide) groups is 1. The molecule has 0 saturated heterocycles. The SMILES string of the molecule is CCCNC1(C#N)CCCC(SCC2CCCC2)C1. The van der Waals surface area contributed by atoms with E-state index in [0.717, 1.165) is 31.7 Å². The third kappa shape index (κ3) is 4.39. The second-order valence-electron chi connectivity index (χ2n) is 6.32. The molecule has 2 aliphatic rings. The molecule has 2 aliphatic carbocycles. The highest BCUT2D eigenvalue weighted by atomic mass is 32.2. The number of nitriles is 1. The molecule has 19 heavy (non-hydrogen) atoms. The topological polar surface area (TPSA) is 35.8 Å². The van der Waals surface area contributed by atoms with Crippen molar-refractivity contribution in [2.45, 2.75) is 75.5 Å². The summed E-state index contributed by atoms with van der Waals surface area (Å²) >= 11 is 2.15. The molecule has 0 aromatic carbocycles. The van der Waals surface area contributed by atoms with Crippen LogP contribution >= 0.6 is 11.8 Å². The standard InChI is InChI=1S/C16H28N2S/c1-2-10-18-16(13-17)9-5-8-15(11-16)19-12-14-6-3-4-7-14/h14-15,18H,2-12H2,1H3. The summed E-state index contributed by atoms with van der Waals surface area (Å²) in [6, 6.07) is 2.59. The maximum atomic E-state index is 9.54. The van der Waals surface area contributed by atoms with Gasteiger partial charge in [-0.1, -0.05) is 19.8 Å². The van der Waals surface area contributed by atoms with Crippen LogP contribution in [0.3, 0.4) is 0 Å². The van der Waals surface area contributed by atoms with Gasteiger partial charge in [0.05, 0.1) is 6.07 Å². The second kappa shape index (κ2) is 7.55. The third-order valence-corrected chi connectivity index (χ3v) is 6.21. The van der Waals surface area contributed by atoms with Crippen LogP contribution in [0.1, 0.15) is 64.7 Å². The molecule has 2 saturated carbocycles. The van der Waals surface area contributed by atoms with Gasteiger partial charge in [-0.3, -0.25) is 5.32 Å². The predicted octanol–water partition coefficient (Wildman–Crippen LogP) is 4.11. The van der Waals surface area contributed by atoms with E-state index in [9.17, 15) is 5.26 Å². The van der Waals surface area contributed by atoms with Crippen LogP contribution < -0.4 is 5.32 Å². The van der Waals surface area contributed by atoms with Gasteiger partial charge in [-0.2, -0.15) is 17.0 Å². The molecule has 0 amide bonds. The monoisotopic (exact) mass is 280 g/mol. The van der Waals surface area contributed by atoms with Gasteiger partial charge in [0.25, 0.3) is 0 Å². The third-order valence-electron chi connectivity index (χ3n) is 4.68. The average Bonchev–Trinajstić information content (AvgIpc) is 2.97. The minimum atomic E-state index is -0.221. The fourth-order valence-corrected chi connectivity index (χ4v) is 5.10. The van der Waals surface area contributed by atoms with Crippen molar-refractivity contribution >= 4 is 11.8 Å². The Labute approximate surface area is 122 Å². The molecule has 0 aromatic rings. The Bertz CT molecular complexity index is 306. The molecule has 2 atom stereocenters. The van der Waals surface area contributed by atoms with E-state index in [1.54, 1.807) is 0 Å². The normalized spacial score (nSPS) is 32.3. The highest BCUT2D eigenvalue weighted by Crippen LogP contribution is 2.37. The van der Waals surface area contributed by atoms with Crippen LogP contribution in [-0.4, -0.2) is 23.1 Å². The van der Waals surface area contributed by atoms with Crippen molar-refractivity contribution in [1.82, 2.24) is 5.32 Å². The number of nitrogens with zero attached hydrogens (tertiary/aromatic N) is 1. The fourth-order valence-electron chi connectivity index (χ4n) is 3.48. The van der Waals surface area contributed by atoms with Crippen LogP contribution in [0.25, 0.3) is 0 Å². The van der Waals surface area contributed by atoms with Crippen molar-refractivity contribution < 1.29 is 0 Å². The van der Waals surface area contributed by atoms with Gasteiger partial charge in [-0.15, -0.1) is 0 Å². The smallest absolute Gasteiger partial charge is 0.107 e. The second-order valence-corrected chi connectivity index (χ2v) is 7.66. The Morgan fingerprint density at radius 1 is 1.26 bits per heavy atom. The predicted molar refractivity (Wildman–Crippen MR) is 83.3 cm³/mol. The first-order chi connectivity index (χ1) is 9.28. The fraction of sp³-hybridized carbons (Fsp3) is 0.938. The van der Waals surface area contributed by atoms with Crippen LogP contribution in [-0.2, 0) is 0 Å². The van der Waals surface area contributed by atoms with E-state index in [2.05, 4.69) is 30.1 Å². The summed E-state index contributed by atoms with van der Waals surface area (Å²) in [5, 5.41) is 13.8. The first-order valence-electron chi connectivity index (χ1n) is 8.06. The van der Waals surface area contributed by atoms with Gasteiger partial charge in [0.15, 0.2) is 0 Å². The molecule has 108 valence electrons. The van der Waals surface area contributed by atoms with Crippen molar-refractivity contribution in [1.29, 1.82) is 5.26 Å². The molecule has 1 N–H and O–H groups in total. The zero-order valence-electron chi connectivity index (χ0n) is 12.3. The van der Waals surface area contributed by atoms with E-state index >= 15 is 0 Å². The van der Waals surface area contributed by atoms with Crippen molar-refractivity contribution in [3.05, 3.63) is 0 Å². The molecular weight excluding hydrogens is 252 g/mol. The van der Waals surface area contributed by atoms with Gasteiger partial charge in [0, 0.05) is 5.25 Å². The molecule has 0 aromatic heterocycles. The lowest BCUT2D eigenvalue weighted by Crippen LogP contribution is -2.48. The first kappa shape index (κ1) is 15.2. The van der Waals surface area contributed by atoms with Crippen molar-refractivity contribution in [2.75, 3.05) is 12.3 Å². The molecule has 0 radical (unpaired) electrons. The molecular formula is C16H28N2S. The minimum Gasteiger partial charge on any atom is -0.299 e. The lowest BCUT2D eigenvalue weighted by Gasteiger charge is -2.36. The van der Waals surface area contributed by atoms with Crippen molar-refractivity contribution in [3.8, 4) is 6.07 Å². The summed E-state index contributed by atoms with van der Waals surface area (Å²) in [7, 11) is 0. The average molecular weight is 280 g/mol. The van der Waals surface area contributed by atoms with Gasteiger partial charge in [-0.05, 0) is 63.2 Å². The largest absolute Gasteiger partial charge is 0.299 e. The van der Waals surface area contributed by atoms with Crippen molar-refractivity contribution in [3.63, 3.8) is 0 Å².